The number of fused-ring (bicyclic) bond motifs is 1. The van der Waals surface area contributed by atoms with E-state index in [-0.39, 0.29) is 31.1 Å². The summed E-state index contributed by atoms with van der Waals surface area (Å²) in [5, 5.41) is 14.1. The molecule has 1 aromatic rings. The van der Waals surface area contributed by atoms with Crippen molar-refractivity contribution in [2.75, 3.05) is 13.1 Å². The maximum Gasteiger partial charge on any atom is 0.192 e. The van der Waals surface area contributed by atoms with Crippen LogP contribution in [0.1, 0.15) is 53.5 Å². The van der Waals surface area contributed by atoms with Crippen molar-refractivity contribution in [3.05, 3.63) is 35.0 Å². The molecule has 0 saturated carbocycles. The van der Waals surface area contributed by atoms with Crippen molar-refractivity contribution < 1.29 is 9.59 Å². The van der Waals surface area contributed by atoms with Gasteiger partial charge >= 0.3 is 0 Å². The number of rotatable bonds is 4. The van der Waals surface area contributed by atoms with Gasteiger partial charge in [0.15, 0.2) is 5.78 Å². The standard InChI is InChI=1S/C21H30N2O3/c1-20(2,3)18(24)11-16-13-22-12-15-9-7-8-10-17(15)23(16,26)14-19(25)21(4,5)6/h7-10,12,16H,11,13-14H2,1-6H3. The van der Waals surface area contributed by atoms with Crippen LogP contribution in [0.15, 0.2) is 29.3 Å². The highest BCUT2D eigenvalue weighted by atomic mass is 16.5. The van der Waals surface area contributed by atoms with Crippen LogP contribution >= 0.6 is 0 Å². The summed E-state index contributed by atoms with van der Waals surface area (Å²) >= 11 is 0. The minimum atomic E-state index is -0.825. The van der Waals surface area contributed by atoms with Gasteiger partial charge in [0.05, 0.1) is 18.5 Å². The second-order valence-electron chi connectivity index (χ2n) is 9.21. The third kappa shape index (κ3) is 4.27. The van der Waals surface area contributed by atoms with Gasteiger partial charge in [0.25, 0.3) is 0 Å². The summed E-state index contributed by atoms with van der Waals surface area (Å²) in [4.78, 5) is 29.8. The molecular formula is C21H30N2O3. The summed E-state index contributed by atoms with van der Waals surface area (Å²) in [7, 11) is 0. The molecule has 0 N–H and O–H groups in total. The molecule has 142 valence electrons. The van der Waals surface area contributed by atoms with E-state index in [2.05, 4.69) is 4.99 Å². The number of hydrogen-bond acceptors (Lipinski definition) is 4. The van der Waals surface area contributed by atoms with E-state index >= 15 is 0 Å². The molecule has 26 heavy (non-hydrogen) atoms. The number of Topliss-reactive ketones (excluding diaryl/α,β-unsaturated/α-hetero) is 2. The Balaban J connectivity index is 2.50. The molecule has 0 aromatic heterocycles. The number of hydroxylamine groups is 2. The molecule has 0 radical (unpaired) electrons. The zero-order valence-electron chi connectivity index (χ0n) is 16.7. The first-order chi connectivity index (χ1) is 11.9. The Morgan fingerprint density at radius 2 is 1.65 bits per heavy atom. The Kier molecular flexibility index (Phi) is 5.54. The van der Waals surface area contributed by atoms with E-state index in [9.17, 15) is 14.8 Å². The number of para-hydroxylation sites is 1. The van der Waals surface area contributed by atoms with Crippen molar-refractivity contribution in [2.45, 2.75) is 54.0 Å². The van der Waals surface area contributed by atoms with E-state index in [1.807, 2.05) is 53.7 Å². The normalized spacial score (nSPS) is 23.3. The number of hydrogen-bond donors (Lipinski definition) is 0. The van der Waals surface area contributed by atoms with Gasteiger partial charge in [-0.25, -0.2) is 0 Å². The van der Waals surface area contributed by atoms with Crippen LogP contribution in [0, 0.1) is 16.0 Å². The average molecular weight is 358 g/mol. The van der Waals surface area contributed by atoms with E-state index < -0.39 is 21.5 Å². The number of benzodiazepines with no additional fused rings is 1. The first-order valence-corrected chi connectivity index (χ1v) is 9.10. The molecule has 2 rings (SSSR count). The van der Waals surface area contributed by atoms with E-state index in [0.717, 1.165) is 5.56 Å². The molecule has 0 bridgehead atoms. The number of carbonyl (C=O) groups excluding carboxylic acids is 2. The fourth-order valence-corrected chi connectivity index (χ4v) is 2.94. The minimum Gasteiger partial charge on any atom is -0.627 e. The Labute approximate surface area is 156 Å². The molecule has 2 unspecified atom stereocenters. The molecular weight excluding hydrogens is 328 g/mol. The molecule has 1 aliphatic rings. The quantitative estimate of drug-likeness (QED) is 0.605. The fourth-order valence-electron chi connectivity index (χ4n) is 2.94. The van der Waals surface area contributed by atoms with Crippen LogP contribution in [-0.2, 0) is 9.59 Å². The second-order valence-corrected chi connectivity index (χ2v) is 9.21. The second kappa shape index (κ2) is 7.05. The van der Waals surface area contributed by atoms with Gasteiger partial charge in [0, 0.05) is 23.1 Å². The lowest BCUT2D eigenvalue weighted by Gasteiger charge is -2.48. The van der Waals surface area contributed by atoms with Crippen molar-refractivity contribution in [3.8, 4) is 0 Å². The van der Waals surface area contributed by atoms with Crippen LogP contribution in [0.5, 0.6) is 0 Å². The molecule has 1 aromatic carbocycles. The van der Waals surface area contributed by atoms with Crippen LogP contribution in [-0.4, -0.2) is 36.9 Å². The third-order valence-corrected chi connectivity index (χ3v) is 4.95. The molecule has 0 amide bonds. The fraction of sp³-hybridized carbons (Fsp3) is 0.571. The van der Waals surface area contributed by atoms with Crippen molar-refractivity contribution in [1.29, 1.82) is 0 Å². The van der Waals surface area contributed by atoms with E-state index in [1.54, 1.807) is 18.3 Å². The summed E-state index contributed by atoms with van der Waals surface area (Å²) in [5.41, 5.74) is 0.0815. The zero-order chi connectivity index (χ0) is 19.8. The first-order valence-electron chi connectivity index (χ1n) is 9.10. The van der Waals surface area contributed by atoms with Gasteiger partial charge in [-0.1, -0.05) is 53.7 Å². The Morgan fingerprint density at radius 3 is 2.23 bits per heavy atom. The molecule has 5 nitrogen and oxygen atoms in total. The molecule has 5 heteroatoms. The highest BCUT2D eigenvalue weighted by Gasteiger charge is 2.41. The summed E-state index contributed by atoms with van der Waals surface area (Å²) in [6.45, 7) is 11.0. The first kappa shape index (κ1) is 20.5. The third-order valence-electron chi connectivity index (χ3n) is 4.95. The monoisotopic (exact) mass is 358 g/mol. The van der Waals surface area contributed by atoms with Gasteiger partial charge < -0.3 is 9.85 Å². The number of benzene rings is 1. The topological polar surface area (TPSA) is 69.6 Å². The predicted molar refractivity (Wildman–Crippen MR) is 106 cm³/mol. The molecule has 1 heterocycles. The van der Waals surface area contributed by atoms with Gasteiger partial charge in [-0.2, -0.15) is 0 Å². The number of aliphatic imine (C=N–C) groups is 1. The van der Waals surface area contributed by atoms with Crippen LogP contribution in [0.4, 0.5) is 5.69 Å². The molecule has 0 fully saturated rings. The van der Waals surface area contributed by atoms with Crippen molar-refractivity contribution >= 4 is 23.5 Å². The lowest BCUT2D eigenvalue weighted by Crippen LogP contribution is -2.58. The zero-order valence-corrected chi connectivity index (χ0v) is 16.7. The van der Waals surface area contributed by atoms with Crippen molar-refractivity contribution in [1.82, 2.24) is 4.65 Å². The average Bonchev–Trinajstić information content (AvgIpc) is 2.64. The van der Waals surface area contributed by atoms with Crippen LogP contribution in [0.2, 0.25) is 0 Å². The van der Waals surface area contributed by atoms with Gasteiger partial charge in [-0.05, 0) is 6.07 Å². The molecule has 0 spiro atoms. The maximum absolute atomic E-state index is 14.1. The molecule has 2 atom stereocenters. The molecule has 0 saturated heterocycles. The Hall–Kier alpha value is -1.85. The van der Waals surface area contributed by atoms with Gasteiger partial charge in [0.1, 0.15) is 24.1 Å². The largest absolute Gasteiger partial charge is 0.627 e. The van der Waals surface area contributed by atoms with Crippen LogP contribution in [0.3, 0.4) is 0 Å². The molecule has 0 aliphatic carbocycles. The lowest BCUT2D eigenvalue weighted by atomic mass is 9.85. The van der Waals surface area contributed by atoms with E-state index in [4.69, 9.17) is 0 Å². The van der Waals surface area contributed by atoms with E-state index in [0.29, 0.717) is 5.69 Å². The molecule has 1 aliphatic heterocycles. The maximum atomic E-state index is 14.1. The summed E-state index contributed by atoms with van der Waals surface area (Å²) in [6.07, 6.45) is 1.79. The van der Waals surface area contributed by atoms with Crippen molar-refractivity contribution in [2.24, 2.45) is 15.8 Å². The highest BCUT2D eigenvalue weighted by molar-refractivity contribution is 5.92. The van der Waals surface area contributed by atoms with Gasteiger partial charge in [-0.3, -0.25) is 14.6 Å². The van der Waals surface area contributed by atoms with E-state index in [1.165, 1.54) is 0 Å². The minimum absolute atomic E-state index is 0.0126. The lowest BCUT2D eigenvalue weighted by molar-refractivity contribution is -0.130. The Bertz CT molecular complexity index is 726. The van der Waals surface area contributed by atoms with Gasteiger partial charge in [0.2, 0.25) is 0 Å². The SMILES string of the molecule is CC(C)(C)C(=O)CC1CN=Cc2ccccc2[N+]1([O-])CC(=O)C(C)(C)C. The van der Waals surface area contributed by atoms with Crippen molar-refractivity contribution in [3.63, 3.8) is 0 Å². The van der Waals surface area contributed by atoms with Crippen LogP contribution < -0.4 is 4.65 Å². The smallest absolute Gasteiger partial charge is 0.192 e. The van der Waals surface area contributed by atoms with Gasteiger partial charge in [-0.15, -0.1) is 0 Å². The number of nitrogens with zero attached hydrogens (tertiary/aromatic N) is 2. The number of carbonyl (C=O) groups is 2. The number of quaternary nitrogens is 1. The summed E-state index contributed by atoms with van der Waals surface area (Å²) in [6, 6.07) is 6.63. The van der Waals surface area contributed by atoms with Crippen LogP contribution in [0.25, 0.3) is 0 Å². The highest BCUT2D eigenvalue weighted by Crippen LogP contribution is 2.35. The summed E-state index contributed by atoms with van der Waals surface area (Å²) < 4.78 is -0.825. The Morgan fingerprint density at radius 1 is 1.08 bits per heavy atom. The number of ketones is 2. The predicted octanol–water partition coefficient (Wildman–Crippen LogP) is 3.91. The summed E-state index contributed by atoms with van der Waals surface area (Å²) in [5.74, 6) is -0.101.